The van der Waals surface area contributed by atoms with Crippen LogP contribution in [0.2, 0.25) is 0 Å². The Balaban J connectivity index is 2.10. The number of carbonyl (C=O) groups is 1. The second kappa shape index (κ2) is 6.31. The van der Waals surface area contributed by atoms with Gasteiger partial charge in [-0.1, -0.05) is 18.2 Å². The summed E-state index contributed by atoms with van der Waals surface area (Å²) in [5, 5.41) is 9.77. The van der Waals surface area contributed by atoms with Crippen LogP contribution < -0.4 is 4.90 Å². The third kappa shape index (κ3) is 3.54. The lowest BCUT2D eigenvalue weighted by atomic mass is 10.1. The lowest BCUT2D eigenvalue weighted by Gasteiger charge is -2.19. The predicted octanol–water partition coefficient (Wildman–Crippen LogP) is 2.73. The number of phenolic OH excluding ortho intramolecular Hbond substituents is 1. The van der Waals surface area contributed by atoms with Crippen molar-refractivity contribution in [2.45, 2.75) is 6.54 Å². The largest absolute Gasteiger partial charge is 0.508 e. The van der Waals surface area contributed by atoms with E-state index < -0.39 is 0 Å². The van der Waals surface area contributed by atoms with E-state index in [1.54, 1.807) is 24.1 Å². The van der Waals surface area contributed by atoms with Gasteiger partial charge in [0.25, 0.3) is 5.91 Å². The number of anilines is 1. The molecule has 0 atom stereocenters. The van der Waals surface area contributed by atoms with E-state index in [0.717, 1.165) is 11.3 Å². The van der Waals surface area contributed by atoms with Gasteiger partial charge >= 0.3 is 0 Å². The number of amides is 1. The van der Waals surface area contributed by atoms with Crippen LogP contribution in [0.4, 0.5) is 5.69 Å². The van der Waals surface area contributed by atoms with Crippen molar-refractivity contribution in [3.05, 3.63) is 59.7 Å². The smallest absolute Gasteiger partial charge is 0.253 e. The Labute approximate surface area is 125 Å². The lowest BCUT2D eigenvalue weighted by Crippen LogP contribution is -2.26. The van der Waals surface area contributed by atoms with Gasteiger partial charge in [0, 0.05) is 44.5 Å². The SMILES string of the molecule is CN(Cc1ccccc1O)C(=O)c1ccc(N(C)C)cc1. The first-order valence-electron chi connectivity index (χ1n) is 6.79. The minimum Gasteiger partial charge on any atom is -0.508 e. The molecule has 0 aliphatic heterocycles. The van der Waals surface area contributed by atoms with Gasteiger partial charge in [0.2, 0.25) is 0 Å². The van der Waals surface area contributed by atoms with E-state index in [1.807, 2.05) is 55.4 Å². The zero-order valence-corrected chi connectivity index (χ0v) is 12.6. The van der Waals surface area contributed by atoms with Crippen molar-refractivity contribution in [3.8, 4) is 5.75 Å². The van der Waals surface area contributed by atoms with E-state index in [1.165, 1.54) is 0 Å². The van der Waals surface area contributed by atoms with Crippen LogP contribution in [-0.2, 0) is 6.54 Å². The molecule has 2 aromatic rings. The van der Waals surface area contributed by atoms with Crippen LogP contribution in [0, 0.1) is 0 Å². The Bertz CT molecular complexity index is 621. The summed E-state index contributed by atoms with van der Waals surface area (Å²) in [4.78, 5) is 16.0. The minimum atomic E-state index is -0.0661. The average Bonchev–Trinajstić information content (AvgIpc) is 2.49. The molecule has 0 radical (unpaired) electrons. The summed E-state index contributed by atoms with van der Waals surface area (Å²) in [5.41, 5.74) is 2.42. The highest BCUT2D eigenvalue weighted by Crippen LogP contribution is 2.19. The molecular formula is C17H20N2O2. The van der Waals surface area contributed by atoms with Crippen molar-refractivity contribution in [3.63, 3.8) is 0 Å². The molecule has 1 N–H and O–H groups in total. The molecule has 0 saturated carbocycles. The molecule has 0 bridgehead atoms. The molecule has 0 aromatic heterocycles. The summed E-state index contributed by atoms with van der Waals surface area (Å²) in [6.07, 6.45) is 0. The number of hydrogen-bond donors (Lipinski definition) is 1. The molecule has 2 rings (SSSR count). The Morgan fingerprint density at radius 1 is 1.00 bits per heavy atom. The predicted molar refractivity (Wildman–Crippen MR) is 84.7 cm³/mol. The van der Waals surface area contributed by atoms with E-state index >= 15 is 0 Å². The molecule has 0 aliphatic rings. The molecule has 0 saturated heterocycles. The summed E-state index contributed by atoms with van der Waals surface area (Å²) in [5.74, 6) is 0.142. The van der Waals surface area contributed by atoms with Crippen molar-refractivity contribution in [2.24, 2.45) is 0 Å². The molecule has 0 unspecified atom stereocenters. The van der Waals surface area contributed by atoms with E-state index in [-0.39, 0.29) is 11.7 Å². The second-order valence-corrected chi connectivity index (χ2v) is 5.23. The van der Waals surface area contributed by atoms with E-state index in [0.29, 0.717) is 12.1 Å². The van der Waals surface area contributed by atoms with Crippen molar-refractivity contribution in [2.75, 3.05) is 26.0 Å². The topological polar surface area (TPSA) is 43.8 Å². The number of hydrogen-bond acceptors (Lipinski definition) is 3. The first-order valence-corrected chi connectivity index (χ1v) is 6.79. The molecule has 0 heterocycles. The quantitative estimate of drug-likeness (QED) is 0.939. The molecule has 110 valence electrons. The minimum absolute atomic E-state index is 0.0661. The highest BCUT2D eigenvalue weighted by Gasteiger charge is 2.13. The molecule has 0 spiro atoms. The van der Waals surface area contributed by atoms with Gasteiger partial charge in [-0.2, -0.15) is 0 Å². The summed E-state index contributed by atoms with van der Waals surface area (Å²) >= 11 is 0. The highest BCUT2D eigenvalue weighted by molar-refractivity contribution is 5.94. The van der Waals surface area contributed by atoms with E-state index in [4.69, 9.17) is 0 Å². The van der Waals surface area contributed by atoms with Gasteiger partial charge in [0.15, 0.2) is 0 Å². The molecule has 1 amide bonds. The van der Waals surface area contributed by atoms with Crippen LogP contribution in [0.25, 0.3) is 0 Å². The van der Waals surface area contributed by atoms with Crippen molar-refractivity contribution in [1.82, 2.24) is 4.90 Å². The van der Waals surface area contributed by atoms with Crippen molar-refractivity contribution >= 4 is 11.6 Å². The maximum atomic E-state index is 12.4. The van der Waals surface area contributed by atoms with E-state index in [9.17, 15) is 9.90 Å². The third-order valence-corrected chi connectivity index (χ3v) is 3.38. The van der Waals surface area contributed by atoms with Crippen LogP contribution in [-0.4, -0.2) is 37.1 Å². The molecule has 0 aliphatic carbocycles. The van der Waals surface area contributed by atoms with Gasteiger partial charge < -0.3 is 14.9 Å². The fourth-order valence-electron chi connectivity index (χ4n) is 2.09. The van der Waals surface area contributed by atoms with Gasteiger partial charge in [-0.05, 0) is 30.3 Å². The van der Waals surface area contributed by atoms with Crippen LogP contribution >= 0.6 is 0 Å². The number of benzene rings is 2. The number of para-hydroxylation sites is 1. The summed E-state index contributed by atoms with van der Waals surface area (Å²) in [6, 6.07) is 14.5. The first-order chi connectivity index (χ1) is 9.99. The number of aromatic hydroxyl groups is 1. The molecule has 2 aromatic carbocycles. The Morgan fingerprint density at radius 2 is 1.62 bits per heavy atom. The van der Waals surface area contributed by atoms with E-state index in [2.05, 4.69) is 0 Å². The fraction of sp³-hybridized carbons (Fsp3) is 0.235. The molecular weight excluding hydrogens is 264 g/mol. The normalized spacial score (nSPS) is 10.2. The zero-order chi connectivity index (χ0) is 15.4. The molecule has 21 heavy (non-hydrogen) atoms. The van der Waals surface area contributed by atoms with Crippen LogP contribution in [0.15, 0.2) is 48.5 Å². The molecule has 0 fully saturated rings. The fourth-order valence-corrected chi connectivity index (χ4v) is 2.09. The molecule has 4 nitrogen and oxygen atoms in total. The Hall–Kier alpha value is -2.49. The van der Waals surface area contributed by atoms with Crippen molar-refractivity contribution < 1.29 is 9.90 Å². The van der Waals surface area contributed by atoms with Gasteiger partial charge in [-0.15, -0.1) is 0 Å². The van der Waals surface area contributed by atoms with Gasteiger partial charge in [0.1, 0.15) is 5.75 Å². The zero-order valence-electron chi connectivity index (χ0n) is 12.6. The first kappa shape index (κ1) is 14.9. The lowest BCUT2D eigenvalue weighted by molar-refractivity contribution is 0.0784. The maximum absolute atomic E-state index is 12.4. The monoisotopic (exact) mass is 284 g/mol. The number of phenols is 1. The highest BCUT2D eigenvalue weighted by atomic mass is 16.3. The van der Waals surface area contributed by atoms with Crippen LogP contribution in [0.5, 0.6) is 5.75 Å². The maximum Gasteiger partial charge on any atom is 0.253 e. The van der Waals surface area contributed by atoms with Crippen LogP contribution in [0.1, 0.15) is 15.9 Å². The van der Waals surface area contributed by atoms with Gasteiger partial charge in [-0.25, -0.2) is 0 Å². The standard InChI is InChI=1S/C17H20N2O2/c1-18(2)15-10-8-13(9-11-15)17(21)19(3)12-14-6-4-5-7-16(14)20/h4-11,20H,12H2,1-3H3. The Kier molecular flexibility index (Phi) is 4.48. The second-order valence-electron chi connectivity index (χ2n) is 5.23. The average molecular weight is 284 g/mol. The molecule has 4 heteroatoms. The number of nitrogens with zero attached hydrogens (tertiary/aromatic N) is 2. The number of rotatable bonds is 4. The summed E-state index contributed by atoms with van der Waals surface area (Å²) in [6.45, 7) is 0.376. The summed E-state index contributed by atoms with van der Waals surface area (Å²) < 4.78 is 0. The Morgan fingerprint density at radius 3 is 2.19 bits per heavy atom. The van der Waals surface area contributed by atoms with Crippen molar-refractivity contribution in [1.29, 1.82) is 0 Å². The third-order valence-electron chi connectivity index (χ3n) is 3.38. The van der Waals surface area contributed by atoms with Crippen LogP contribution in [0.3, 0.4) is 0 Å². The summed E-state index contributed by atoms with van der Waals surface area (Å²) in [7, 11) is 5.65. The van der Waals surface area contributed by atoms with Gasteiger partial charge in [-0.3, -0.25) is 4.79 Å². The number of carbonyl (C=O) groups excluding carboxylic acids is 1. The van der Waals surface area contributed by atoms with Gasteiger partial charge in [0.05, 0.1) is 0 Å².